The summed E-state index contributed by atoms with van der Waals surface area (Å²) in [6.45, 7) is 0. The van der Waals surface area contributed by atoms with Gasteiger partial charge in [-0.2, -0.15) is 4.58 Å². The van der Waals surface area contributed by atoms with Crippen LogP contribution in [-0.2, 0) is 0 Å². The first-order valence-corrected chi connectivity index (χ1v) is 4.91. The summed E-state index contributed by atoms with van der Waals surface area (Å²) in [6.07, 6.45) is 0. The Bertz CT molecular complexity index is 483. The highest BCUT2D eigenvalue weighted by atomic mass is 35.5. The molecule has 2 aromatic rings. The van der Waals surface area contributed by atoms with Crippen LogP contribution in [0, 0.1) is 0 Å². The first-order chi connectivity index (χ1) is 6.83. The van der Waals surface area contributed by atoms with E-state index in [1.54, 1.807) is 5.67 Å². The molecule has 0 atom stereocenters. The normalized spacial score (nSPS) is 12.0. The summed E-state index contributed by atoms with van der Waals surface area (Å²) in [5.41, 5.74) is 2.67. The number of fused-ring (bicyclic) bond motifs is 1. The maximum atomic E-state index is 5.69. The Morgan fingerprint density at radius 2 is 1.79 bits per heavy atom. The number of halogens is 1. The van der Waals surface area contributed by atoms with E-state index in [2.05, 4.69) is 24.3 Å². The van der Waals surface area contributed by atoms with Crippen LogP contribution in [0.15, 0.2) is 42.5 Å². The number of rotatable bonds is 1. The number of benzene rings is 2. The zero-order chi connectivity index (χ0) is 9.97. The van der Waals surface area contributed by atoms with Crippen molar-refractivity contribution in [1.82, 2.24) is 0 Å². The van der Waals surface area contributed by atoms with Gasteiger partial charge >= 0.3 is 0 Å². The van der Waals surface area contributed by atoms with Crippen LogP contribution in [0.3, 0.4) is 0 Å². The monoisotopic (exact) mass is 204 g/mol. The molecule has 0 amide bonds. The van der Waals surface area contributed by atoms with E-state index >= 15 is 0 Å². The molecule has 0 heterocycles. The molecule has 0 fully saturated rings. The summed E-state index contributed by atoms with van der Waals surface area (Å²) in [5, 5.41) is 2.45. The highest BCUT2D eigenvalue weighted by Crippen LogP contribution is 2.24. The third kappa shape index (κ3) is 1.51. The van der Waals surface area contributed by atoms with Crippen molar-refractivity contribution < 1.29 is 4.58 Å². The van der Waals surface area contributed by atoms with E-state index in [-0.39, 0.29) is 0 Å². The molecule has 0 saturated carbocycles. The molecule has 2 aromatic carbocycles. The highest BCUT2D eigenvalue weighted by Gasteiger charge is 2.06. The molecule has 0 bridgehead atoms. The van der Waals surface area contributed by atoms with Gasteiger partial charge in [0.05, 0.1) is 5.39 Å². The van der Waals surface area contributed by atoms with Crippen LogP contribution in [0.1, 0.15) is 0 Å². The van der Waals surface area contributed by atoms with E-state index in [4.69, 9.17) is 11.6 Å². The Labute approximate surface area is 88.3 Å². The van der Waals surface area contributed by atoms with Crippen LogP contribution in [-0.4, -0.2) is 17.3 Å². The van der Waals surface area contributed by atoms with E-state index in [0.29, 0.717) is 0 Å². The van der Waals surface area contributed by atoms with Crippen molar-refractivity contribution in [3.8, 4) is 0 Å². The number of nitrogens with zero attached hydrogens (tertiary/aromatic N) is 1. The van der Waals surface area contributed by atoms with Gasteiger partial charge in [0.25, 0.3) is 0 Å². The van der Waals surface area contributed by atoms with E-state index < -0.39 is 0 Å². The third-order valence-electron chi connectivity index (χ3n) is 2.29. The molecule has 0 unspecified atom stereocenters. The van der Waals surface area contributed by atoms with E-state index in [0.717, 1.165) is 5.69 Å². The van der Waals surface area contributed by atoms with Crippen molar-refractivity contribution in [2.75, 3.05) is 7.05 Å². The second-order valence-corrected chi connectivity index (χ2v) is 3.40. The lowest BCUT2D eigenvalue weighted by Gasteiger charge is -2.00. The van der Waals surface area contributed by atoms with Gasteiger partial charge in [0.2, 0.25) is 11.4 Å². The van der Waals surface area contributed by atoms with Gasteiger partial charge < -0.3 is 0 Å². The molecule has 0 aliphatic carbocycles. The zero-order valence-electron chi connectivity index (χ0n) is 7.94. The fourth-order valence-electron chi connectivity index (χ4n) is 1.57. The van der Waals surface area contributed by atoms with Gasteiger partial charge in [-0.1, -0.05) is 30.3 Å². The number of hydrogen-bond acceptors (Lipinski definition) is 0. The van der Waals surface area contributed by atoms with Gasteiger partial charge in [-0.3, -0.25) is 0 Å². The SMILES string of the molecule is C[N+](=CCl)c1cccc2ccccc12. The summed E-state index contributed by atoms with van der Waals surface area (Å²) < 4.78 is 1.91. The average molecular weight is 205 g/mol. The summed E-state index contributed by atoms with van der Waals surface area (Å²) in [7, 11) is 1.94. The molecule has 0 radical (unpaired) electrons. The molecular formula is C12H11ClN+. The summed E-state index contributed by atoms with van der Waals surface area (Å²) >= 11 is 5.69. The molecule has 2 rings (SSSR count). The molecule has 0 aliphatic rings. The molecule has 14 heavy (non-hydrogen) atoms. The van der Waals surface area contributed by atoms with E-state index in [9.17, 15) is 0 Å². The minimum Gasteiger partial charge on any atom is -0.191 e. The minimum atomic E-state index is 1.12. The van der Waals surface area contributed by atoms with Crippen molar-refractivity contribution in [2.24, 2.45) is 0 Å². The summed E-state index contributed by atoms with van der Waals surface area (Å²) in [6, 6.07) is 14.5. The fourth-order valence-corrected chi connectivity index (χ4v) is 1.67. The van der Waals surface area contributed by atoms with Crippen LogP contribution in [0.2, 0.25) is 0 Å². The molecule has 2 heteroatoms. The van der Waals surface area contributed by atoms with Crippen LogP contribution < -0.4 is 0 Å². The first-order valence-electron chi connectivity index (χ1n) is 4.47. The second-order valence-electron chi connectivity index (χ2n) is 3.21. The van der Waals surface area contributed by atoms with E-state index in [1.165, 1.54) is 10.8 Å². The smallest absolute Gasteiger partial charge is 0.191 e. The molecular weight excluding hydrogens is 194 g/mol. The van der Waals surface area contributed by atoms with Crippen molar-refractivity contribution in [2.45, 2.75) is 0 Å². The molecule has 0 N–H and O–H groups in total. The van der Waals surface area contributed by atoms with E-state index in [1.807, 2.05) is 29.8 Å². The maximum absolute atomic E-state index is 5.69. The van der Waals surface area contributed by atoms with Crippen LogP contribution in [0.5, 0.6) is 0 Å². The minimum absolute atomic E-state index is 1.12. The lowest BCUT2D eigenvalue weighted by molar-refractivity contribution is -0.395. The Balaban J connectivity index is 2.77. The molecule has 70 valence electrons. The zero-order valence-corrected chi connectivity index (χ0v) is 8.70. The largest absolute Gasteiger partial charge is 0.238 e. The van der Waals surface area contributed by atoms with Crippen molar-refractivity contribution in [3.05, 3.63) is 42.5 Å². The summed E-state index contributed by atoms with van der Waals surface area (Å²) in [5.74, 6) is 0. The molecule has 0 spiro atoms. The molecule has 0 aromatic heterocycles. The predicted molar refractivity (Wildman–Crippen MR) is 61.7 cm³/mol. The van der Waals surface area contributed by atoms with Crippen LogP contribution in [0.25, 0.3) is 10.8 Å². The predicted octanol–water partition coefficient (Wildman–Crippen LogP) is 3.38. The highest BCUT2D eigenvalue weighted by molar-refractivity contribution is 6.54. The van der Waals surface area contributed by atoms with Gasteiger partial charge in [0, 0.05) is 6.07 Å². The standard InChI is InChI=1S/C12H11ClN/c1-14(9-13)12-8-4-6-10-5-2-3-7-11(10)12/h2-9H,1H3/q+1. The average Bonchev–Trinajstić information content (AvgIpc) is 2.27. The fraction of sp³-hybridized carbons (Fsp3) is 0.0833. The van der Waals surface area contributed by atoms with Crippen molar-refractivity contribution in [3.63, 3.8) is 0 Å². The van der Waals surface area contributed by atoms with Gasteiger partial charge in [-0.25, -0.2) is 0 Å². The second kappa shape index (κ2) is 3.81. The Hall–Kier alpha value is -1.34. The topological polar surface area (TPSA) is 3.01 Å². The third-order valence-corrected chi connectivity index (χ3v) is 2.59. The Kier molecular flexibility index (Phi) is 2.51. The molecule has 0 aliphatic heterocycles. The Morgan fingerprint density at radius 1 is 1.07 bits per heavy atom. The Morgan fingerprint density at radius 3 is 2.57 bits per heavy atom. The van der Waals surface area contributed by atoms with Gasteiger partial charge in [-0.05, 0) is 23.1 Å². The van der Waals surface area contributed by atoms with Gasteiger partial charge in [0.15, 0.2) is 0 Å². The maximum Gasteiger partial charge on any atom is 0.238 e. The first kappa shape index (κ1) is 9.22. The van der Waals surface area contributed by atoms with Crippen LogP contribution in [0.4, 0.5) is 5.69 Å². The lowest BCUT2D eigenvalue weighted by Crippen LogP contribution is -1.96. The lowest BCUT2D eigenvalue weighted by atomic mass is 10.1. The number of hydrogen-bond donors (Lipinski definition) is 0. The molecule has 1 nitrogen and oxygen atoms in total. The quantitative estimate of drug-likeness (QED) is 0.495. The molecule has 0 saturated heterocycles. The van der Waals surface area contributed by atoms with Crippen molar-refractivity contribution in [1.29, 1.82) is 0 Å². The van der Waals surface area contributed by atoms with Gasteiger partial charge in [0.1, 0.15) is 7.05 Å². The summed E-state index contributed by atoms with van der Waals surface area (Å²) in [4.78, 5) is 0. The van der Waals surface area contributed by atoms with Crippen LogP contribution >= 0.6 is 11.6 Å². The van der Waals surface area contributed by atoms with Crippen molar-refractivity contribution >= 4 is 33.7 Å². The van der Waals surface area contributed by atoms with Gasteiger partial charge in [-0.15, -0.1) is 0 Å².